The second kappa shape index (κ2) is 4.79. The zero-order valence-electron chi connectivity index (χ0n) is 10.7. The highest BCUT2D eigenvalue weighted by Gasteiger charge is 2.50. The van der Waals surface area contributed by atoms with Crippen LogP contribution >= 0.6 is 0 Å². The Labute approximate surface area is 109 Å². The zero-order valence-corrected chi connectivity index (χ0v) is 10.7. The fourth-order valence-corrected chi connectivity index (χ4v) is 2.14. The lowest BCUT2D eigenvalue weighted by Gasteiger charge is -2.32. The van der Waals surface area contributed by atoms with Crippen LogP contribution in [0.15, 0.2) is 4.99 Å². The van der Waals surface area contributed by atoms with Crippen molar-refractivity contribution in [2.24, 2.45) is 4.99 Å². The predicted octanol–water partition coefficient (Wildman–Crippen LogP) is -0.803. The van der Waals surface area contributed by atoms with Crippen molar-refractivity contribution in [1.29, 1.82) is 0 Å². The standard InChI is InChI=1S/C11H14N4O4/c1-13-6-12-9-8(13)10(18)15(11(19)14(9)2)5-3-4-7(16)17/h6,8H,3-5H2,1-2H3/p+1. The first-order valence-electron chi connectivity index (χ1n) is 5.87. The fraction of sp³-hybridized carbons (Fsp3) is 0.545. The van der Waals surface area contributed by atoms with Crippen molar-refractivity contribution in [1.82, 2.24) is 9.80 Å². The van der Waals surface area contributed by atoms with Gasteiger partial charge in [0.25, 0.3) is 24.1 Å². The van der Waals surface area contributed by atoms with Crippen molar-refractivity contribution in [3.05, 3.63) is 0 Å². The number of aliphatic carboxylic acids is 1. The summed E-state index contributed by atoms with van der Waals surface area (Å²) in [6.07, 6.45) is 1.67. The summed E-state index contributed by atoms with van der Waals surface area (Å²) in [5.74, 6) is -0.894. The lowest BCUT2D eigenvalue weighted by Crippen LogP contribution is -2.62. The first-order valence-corrected chi connectivity index (χ1v) is 5.87. The van der Waals surface area contributed by atoms with Crippen molar-refractivity contribution in [3.8, 4) is 0 Å². The van der Waals surface area contributed by atoms with Crippen LogP contribution in [-0.4, -0.2) is 76.2 Å². The molecule has 0 radical (unpaired) electrons. The van der Waals surface area contributed by atoms with E-state index in [1.54, 1.807) is 18.7 Å². The van der Waals surface area contributed by atoms with Crippen LogP contribution in [0.1, 0.15) is 12.8 Å². The Kier molecular flexibility index (Phi) is 3.32. The molecule has 2 rings (SSSR count). The molecule has 0 aromatic carbocycles. The maximum absolute atomic E-state index is 12.2. The Bertz CT molecular complexity index is 511. The van der Waals surface area contributed by atoms with Gasteiger partial charge in [0, 0.05) is 20.0 Å². The van der Waals surface area contributed by atoms with Gasteiger partial charge in [-0.2, -0.15) is 0 Å². The number of carbonyl (C=O) groups excluding carboxylic acids is 2. The number of carboxylic acid groups (broad SMARTS) is 1. The Hall–Kier alpha value is -2.25. The normalized spacial score (nSPS) is 22.3. The number of carboxylic acids is 1. The molecule has 2 heterocycles. The molecule has 0 spiro atoms. The van der Waals surface area contributed by atoms with Gasteiger partial charge in [-0.05, 0) is 11.4 Å². The van der Waals surface area contributed by atoms with Crippen molar-refractivity contribution >= 4 is 30.1 Å². The number of hydrogen-bond donors (Lipinski definition) is 1. The molecule has 1 fully saturated rings. The molecule has 8 nitrogen and oxygen atoms in total. The van der Waals surface area contributed by atoms with E-state index >= 15 is 0 Å². The fourth-order valence-electron chi connectivity index (χ4n) is 2.14. The SMILES string of the molecule is CN1C(=O)N(CCCC(=O)O)C(=O)C2C1=NC=[N+]2C. The van der Waals surface area contributed by atoms with Gasteiger partial charge in [-0.3, -0.25) is 19.4 Å². The average Bonchev–Trinajstić information content (AvgIpc) is 2.73. The van der Waals surface area contributed by atoms with Crippen LogP contribution in [0.3, 0.4) is 0 Å². The molecular formula is C11H15N4O4+. The molecule has 8 heteroatoms. The predicted molar refractivity (Wildman–Crippen MR) is 65.2 cm³/mol. The largest absolute Gasteiger partial charge is 0.481 e. The molecule has 0 aromatic heterocycles. The van der Waals surface area contributed by atoms with Gasteiger partial charge in [0.2, 0.25) is 0 Å². The zero-order chi connectivity index (χ0) is 14.2. The number of likely N-dealkylation sites (N-methyl/N-ethyl adjacent to an activating group) is 2. The molecule has 0 aromatic rings. The summed E-state index contributed by atoms with van der Waals surface area (Å²) in [5, 5.41) is 8.59. The Balaban J connectivity index is 2.13. The van der Waals surface area contributed by atoms with Crippen LogP contribution in [0.25, 0.3) is 0 Å². The van der Waals surface area contributed by atoms with E-state index in [0.29, 0.717) is 5.84 Å². The van der Waals surface area contributed by atoms with Gasteiger partial charge in [-0.1, -0.05) is 0 Å². The summed E-state index contributed by atoms with van der Waals surface area (Å²) >= 11 is 0. The molecule has 1 N–H and O–H groups in total. The number of carbonyl (C=O) groups is 3. The molecule has 1 unspecified atom stereocenters. The highest BCUT2D eigenvalue weighted by atomic mass is 16.4. The minimum atomic E-state index is -0.946. The van der Waals surface area contributed by atoms with Gasteiger partial charge < -0.3 is 5.11 Å². The highest BCUT2D eigenvalue weighted by molar-refractivity contribution is 6.21. The van der Waals surface area contributed by atoms with Gasteiger partial charge in [-0.25, -0.2) is 9.37 Å². The van der Waals surface area contributed by atoms with Crippen molar-refractivity contribution in [2.75, 3.05) is 20.6 Å². The molecule has 0 saturated carbocycles. The molecule has 3 amide bonds. The molecule has 19 heavy (non-hydrogen) atoms. The van der Waals surface area contributed by atoms with E-state index in [9.17, 15) is 14.4 Å². The number of imide groups is 1. The molecule has 2 aliphatic rings. The van der Waals surface area contributed by atoms with Crippen LogP contribution in [0.2, 0.25) is 0 Å². The van der Waals surface area contributed by atoms with Gasteiger partial charge in [0.05, 0.1) is 7.05 Å². The minimum Gasteiger partial charge on any atom is -0.481 e. The number of rotatable bonds is 4. The van der Waals surface area contributed by atoms with E-state index in [1.165, 1.54) is 11.2 Å². The Morgan fingerprint density at radius 2 is 2.21 bits per heavy atom. The van der Waals surface area contributed by atoms with E-state index in [-0.39, 0.29) is 25.3 Å². The lowest BCUT2D eigenvalue weighted by atomic mass is 10.1. The second-order valence-electron chi connectivity index (χ2n) is 4.50. The Morgan fingerprint density at radius 1 is 1.53 bits per heavy atom. The Morgan fingerprint density at radius 3 is 2.84 bits per heavy atom. The quantitative estimate of drug-likeness (QED) is 0.674. The topological polar surface area (TPSA) is 93.3 Å². The first kappa shape index (κ1) is 13.2. The molecule has 2 aliphatic heterocycles. The van der Waals surface area contributed by atoms with Crippen LogP contribution in [0.5, 0.6) is 0 Å². The smallest absolute Gasteiger partial charge is 0.333 e. The van der Waals surface area contributed by atoms with E-state index in [1.807, 2.05) is 0 Å². The third kappa shape index (κ3) is 2.20. The summed E-state index contributed by atoms with van der Waals surface area (Å²) in [7, 11) is 3.26. The molecule has 1 saturated heterocycles. The molecule has 102 valence electrons. The van der Waals surface area contributed by atoms with E-state index in [0.717, 1.165) is 4.90 Å². The lowest BCUT2D eigenvalue weighted by molar-refractivity contribution is -0.500. The number of amides is 3. The minimum absolute atomic E-state index is 0.0750. The van der Waals surface area contributed by atoms with Crippen LogP contribution in [-0.2, 0) is 9.59 Å². The number of aliphatic imine (C=N–C) groups is 1. The summed E-state index contributed by atoms with van der Waals surface area (Å²) < 4.78 is 1.63. The number of urea groups is 1. The summed E-state index contributed by atoms with van der Waals surface area (Å²) in [4.78, 5) is 41.2. The average molecular weight is 267 g/mol. The number of hydrogen-bond acceptors (Lipinski definition) is 4. The molecule has 1 atom stereocenters. The van der Waals surface area contributed by atoms with E-state index in [2.05, 4.69) is 4.99 Å². The van der Waals surface area contributed by atoms with Gasteiger partial charge in [-0.15, -0.1) is 0 Å². The maximum Gasteiger partial charge on any atom is 0.333 e. The first-order chi connectivity index (χ1) is 8.93. The van der Waals surface area contributed by atoms with Crippen LogP contribution in [0, 0.1) is 0 Å². The van der Waals surface area contributed by atoms with Crippen LogP contribution < -0.4 is 0 Å². The third-order valence-corrected chi connectivity index (χ3v) is 3.16. The van der Waals surface area contributed by atoms with Gasteiger partial charge >= 0.3 is 12.0 Å². The van der Waals surface area contributed by atoms with Gasteiger partial charge in [0.1, 0.15) is 0 Å². The van der Waals surface area contributed by atoms with E-state index in [4.69, 9.17) is 5.11 Å². The second-order valence-corrected chi connectivity index (χ2v) is 4.50. The monoisotopic (exact) mass is 267 g/mol. The molecule has 0 bridgehead atoms. The maximum atomic E-state index is 12.2. The summed E-state index contributed by atoms with van der Waals surface area (Å²) in [6.45, 7) is 0.103. The summed E-state index contributed by atoms with van der Waals surface area (Å²) in [6, 6.07) is -1.05. The van der Waals surface area contributed by atoms with E-state index < -0.39 is 18.0 Å². The van der Waals surface area contributed by atoms with Crippen molar-refractivity contribution < 1.29 is 24.1 Å². The van der Waals surface area contributed by atoms with Crippen molar-refractivity contribution in [3.63, 3.8) is 0 Å². The molecular weight excluding hydrogens is 252 g/mol. The number of nitrogens with zero attached hydrogens (tertiary/aromatic N) is 4. The highest BCUT2D eigenvalue weighted by Crippen LogP contribution is 2.17. The number of fused-ring (bicyclic) bond motifs is 1. The third-order valence-electron chi connectivity index (χ3n) is 3.16. The number of amidine groups is 1. The van der Waals surface area contributed by atoms with Crippen LogP contribution in [0.4, 0.5) is 4.79 Å². The van der Waals surface area contributed by atoms with Gasteiger partial charge in [0.15, 0.2) is 0 Å². The summed E-state index contributed by atoms with van der Waals surface area (Å²) in [5.41, 5.74) is 0. The molecule has 0 aliphatic carbocycles. The van der Waals surface area contributed by atoms with Crippen molar-refractivity contribution in [2.45, 2.75) is 18.9 Å².